The molecule has 2 aromatic carbocycles. The summed E-state index contributed by atoms with van der Waals surface area (Å²) in [6.45, 7) is 3.86. The molecule has 0 unspecified atom stereocenters. The molecule has 0 fully saturated rings. The second kappa shape index (κ2) is 8.67. The lowest BCUT2D eigenvalue weighted by molar-refractivity contribution is -0.384. The van der Waals surface area contributed by atoms with Crippen LogP contribution in [0, 0.1) is 10.1 Å². The van der Waals surface area contributed by atoms with Crippen LogP contribution in [0.25, 0.3) is 0 Å². The van der Waals surface area contributed by atoms with Crippen molar-refractivity contribution in [2.75, 3.05) is 18.5 Å². The van der Waals surface area contributed by atoms with Gasteiger partial charge in [-0.05, 0) is 35.9 Å². The molecule has 0 aliphatic rings. The second-order valence-corrected chi connectivity index (χ2v) is 7.58. The van der Waals surface area contributed by atoms with Crippen molar-refractivity contribution in [2.45, 2.75) is 18.7 Å². The molecule has 0 aliphatic carbocycles. The van der Waals surface area contributed by atoms with Crippen LogP contribution in [0.5, 0.6) is 11.5 Å². The summed E-state index contributed by atoms with van der Waals surface area (Å²) in [5.74, 6) is -0.619. The number of phenols is 2. The first-order chi connectivity index (χ1) is 13.2. The van der Waals surface area contributed by atoms with Gasteiger partial charge in [0.15, 0.2) is 11.5 Å². The maximum atomic E-state index is 12.5. The maximum Gasteiger partial charge on any atom is 0.295 e. The number of nitro groups is 1. The van der Waals surface area contributed by atoms with Crippen molar-refractivity contribution in [1.82, 2.24) is 4.31 Å². The lowest BCUT2D eigenvalue weighted by Gasteiger charge is -2.18. The van der Waals surface area contributed by atoms with Crippen LogP contribution in [0.4, 0.5) is 11.4 Å². The van der Waals surface area contributed by atoms with Gasteiger partial charge in [0.05, 0.1) is 16.0 Å². The van der Waals surface area contributed by atoms with Gasteiger partial charge in [0, 0.05) is 19.2 Å². The Hall–Kier alpha value is -3.18. The van der Waals surface area contributed by atoms with E-state index in [0.717, 1.165) is 6.07 Å². The lowest BCUT2D eigenvalue weighted by atomic mass is 10.2. The summed E-state index contributed by atoms with van der Waals surface area (Å²) >= 11 is 0. The van der Waals surface area contributed by atoms with E-state index in [2.05, 4.69) is 10.5 Å². The molecule has 0 amide bonds. The van der Waals surface area contributed by atoms with Crippen molar-refractivity contribution >= 4 is 27.6 Å². The molecule has 0 aliphatic heterocycles. The third kappa shape index (κ3) is 4.56. The van der Waals surface area contributed by atoms with Crippen molar-refractivity contribution < 1.29 is 23.6 Å². The number of nitrogens with one attached hydrogen (secondary N) is 1. The van der Waals surface area contributed by atoms with Gasteiger partial charge in [-0.2, -0.15) is 9.41 Å². The molecule has 0 atom stereocenters. The molecule has 0 aromatic heterocycles. The molecule has 2 aromatic rings. The SMILES string of the molecule is CCN(CC)S(=O)(=O)c1ccc(N/N=C/c2ccc(O)c(O)c2)c([N+](=O)[O-])c1. The highest BCUT2D eigenvalue weighted by molar-refractivity contribution is 7.89. The number of sulfonamides is 1. The van der Waals surface area contributed by atoms with Crippen molar-refractivity contribution in [3.8, 4) is 11.5 Å². The van der Waals surface area contributed by atoms with Gasteiger partial charge < -0.3 is 10.2 Å². The predicted octanol–water partition coefficient (Wildman–Crippen LogP) is 2.48. The monoisotopic (exact) mass is 408 g/mol. The summed E-state index contributed by atoms with van der Waals surface area (Å²) in [6, 6.07) is 7.53. The van der Waals surface area contributed by atoms with Crippen LogP contribution in [0.3, 0.4) is 0 Å². The van der Waals surface area contributed by atoms with Crippen molar-refractivity contribution in [1.29, 1.82) is 0 Å². The summed E-state index contributed by atoms with van der Waals surface area (Å²) in [4.78, 5) is 10.5. The molecule has 11 heteroatoms. The quantitative estimate of drug-likeness (QED) is 0.263. The van der Waals surface area contributed by atoms with E-state index >= 15 is 0 Å². The van der Waals surface area contributed by atoms with Crippen LogP contribution in [0.15, 0.2) is 46.4 Å². The summed E-state index contributed by atoms with van der Waals surface area (Å²) in [7, 11) is -3.84. The van der Waals surface area contributed by atoms with E-state index in [0.29, 0.717) is 5.56 Å². The van der Waals surface area contributed by atoms with Gasteiger partial charge in [0.1, 0.15) is 5.69 Å². The highest BCUT2D eigenvalue weighted by Gasteiger charge is 2.25. The fourth-order valence-electron chi connectivity index (χ4n) is 2.43. The number of anilines is 1. The maximum absolute atomic E-state index is 12.5. The Morgan fingerprint density at radius 2 is 1.82 bits per heavy atom. The third-order valence-electron chi connectivity index (χ3n) is 3.91. The number of nitrogens with zero attached hydrogens (tertiary/aromatic N) is 3. The van der Waals surface area contributed by atoms with Gasteiger partial charge in [-0.15, -0.1) is 0 Å². The predicted molar refractivity (Wildman–Crippen MR) is 104 cm³/mol. The minimum Gasteiger partial charge on any atom is -0.504 e. The van der Waals surface area contributed by atoms with E-state index < -0.39 is 20.6 Å². The van der Waals surface area contributed by atoms with E-state index in [1.54, 1.807) is 13.8 Å². The number of aromatic hydroxyl groups is 2. The highest BCUT2D eigenvalue weighted by Crippen LogP contribution is 2.29. The Balaban J connectivity index is 2.31. The molecule has 0 radical (unpaired) electrons. The van der Waals surface area contributed by atoms with Gasteiger partial charge in [0.25, 0.3) is 5.69 Å². The summed E-state index contributed by atoms with van der Waals surface area (Å²) in [6.07, 6.45) is 1.28. The number of phenolic OH excluding ortho intramolecular Hbond substituents is 2. The minimum absolute atomic E-state index is 0.00254. The Morgan fingerprint density at radius 1 is 1.14 bits per heavy atom. The van der Waals surface area contributed by atoms with Crippen molar-refractivity contribution in [2.24, 2.45) is 5.10 Å². The largest absolute Gasteiger partial charge is 0.504 e. The molecule has 150 valence electrons. The Morgan fingerprint density at radius 3 is 2.39 bits per heavy atom. The number of hydrogen-bond acceptors (Lipinski definition) is 8. The Kier molecular flexibility index (Phi) is 6.54. The van der Waals surface area contributed by atoms with Gasteiger partial charge in [0.2, 0.25) is 10.0 Å². The van der Waals surface area contributed by atoms with Crippen LogP contribution in [-0.4, -0.2) is 47.2 Å². The molecule has 28 heavy (non-hydrogen) atoms. The Bertz CT molecular complexity index is 1000. The average Bonchev–Trinajstić information content (AvgIpc) is 2.65. The summed E-state index contributed by atoms with van der Waals surface area (Å²) in [5.41, 5.74) is 2.48. The van der Waals surface area contributed by atoms with Crippen LogP contribution < -0.4 is 5.43 Å². The first-order valence-corrected chi connectivity index (χ1v) is 9.74. The molecule has 3 N–H and O–H groups in total. The topological polar surface area (TPSA) is 145 Å². The first-order valence-electron chi connectivity index (χ1n) is 8.30. The fraction of sp³-hybridized carbons (Fsp3) is 0.235. The number of hydrazone groups is 1. The third-order valence-corrected chi connectivity index (χ3v) is 5.95. The lowest BCUT2D eigenvalue weighted by Crippen LogP contribution is -2.30. The van der Waals surface area contributed by atoms with Gasteiger partial charge in [-0.1, -0.05) is 13.8 Å². The average molecular weight is 408 g/mol. The zero-order valence-electron chi connectivity index (χ0n) is 15.2. The molecule has 0 saturated heterocycles. The van der Waals surface area contributed by atoms with Crippen LogP contribution in [-0.2, 0) is 10.0 Å². The Labute approximate surface area is 161 Å². The number of hydrogen-bond donors (Lipinski definition) is 3. The van der Waals surface area contributed by atoms with E-state index in [1.807, 2.05) is 0 Å². The number of rotatable bonds is 8. The summed E-state index contributed by atoms with van der Waals surface area (Å²) < 4.78 is 26.3. The number of benzene rings is 2. The smallest absolute Gasteiger partial charge is 0.295 e. The number of nitro benzene ring substituents is 1. The zero-order valence-corrected chi connectivity index (χ0v) is 16.0. The second-order valence-electron chi connectivity index (χ2n) is 5.64. The zero-order chi connectivity index (χ0) is 20.9. The van der Waals surface area contributed by atoms with E-state index in [9.17, 15) is 28.7 Å². The molecule has 0 heterocycles. The standard InChI is InChI=1S/C17H20N4O6S/c1-3-20(4-2)28(26,27)13-6-7-14(15(10-13)21(24)25)19-18-11-12-5-8-16(22)17(23)9-12/h5-11,19,22-23H,3-4H2,1-2H3/b18-11+. The van der Waals surface area contributed by atoms with Gasteiger partial charge in [-0.3, -0.25) is 15.5 Å². The molecule has 10 nitrogen and oxygen atoms in total. The normalized spacial score (nSPS) is 11.8. The van der Waals surface area contributed by atoms with Crippen LogP contribution >= 0.6 is 0 Å². The van der Waals surface area contributed by atoms with E-state index in [4.69, 9.17) is 0 Å². The van der Waals surface area contributed by atoms with E-state index in [1.165, 1.54) is 40.9 Å². The molecular weight excluding hydrogens is 388 g/mol. The molecular formula is C17H20N4O6S. The minimum atomic E-state index is -3.84. The van der Waals surface area contributed by atoms with Crippen LogP contribution in [0.1, 0.15) is 19.4 Å². The van der Waals surface area contributed by atoms with Crippen LogP contribution in [0.2, 0.25) is 0 Å². The molecule has 0 spiro atoms. The highest BCUT2D eigenvalue weighted by atomic mass is 32.2. The molecule has 0 saturated carbocycles. The molecule has 0 bridgehead atoms. The van der Waals surface area contributed by atoms with Crippen molar-refractivity contribution in [3.05, 3.63) is 52.1 Å². The molecule has 2 rings (SSSR count). The van der Waals surface area contributed by atoms with Crippen molar-refractivity contribution in [3.63, 3.8) is 0 Å². The van der Waals surface area contributed by atoms with Gasteiger partial charge >= 0.3 is 0 Å². The summed E-state index contributed by atoms with van der Waals surface area (Å²) in [5, 5.41) is 33.9. The fourth-order valence-corrected chi connectivity index (χ4v) is 3.91. The van der Waals surface area contributed by atoms with E-state index in [-0.39, 0.29) is 35.2 Å². The first kappa shape index (κ1) is 21.1. The van der Waals surface area contributed by atoms with Gasteiger partial charge in [-0.25, -0.2) is 8.42 Å².